The van der Waals surface area contributed by atoms with Gasteiger partial charge in [0.1, 0.15) is 11.3 Å². The maximum absolute atomic E-state index is 11.2. The van der Waals surface area contributed by atoms with Crippen molar-refractivity contribution in [1.29, 1.82) is 0 Å². The average Bonchev–Trinajstić information content (AvgIpc) is 2.22. The first-order valence-electron chi connectivity index (χ1n) is 4.50. The fraction of sp³-hybridized carbons (Fsp3) is 0.0909. The second-order valence-corrected chi connectivity index (χ2v) is 3.32. The number of hydrogen-bond acceptors (Lipinski definition) is 5. The van der Waals surface area contributed by atoms with Gasteiger partial charge in [-0.05, 0) is 13.0 Å². The Hall–Kier alpha value is -2.50. The number of ether oxygens (including phenoxy) is 1. The van der Waals surface area contributed by atoms with Gasteiger partial charge in [0.05, 0.1) is 0 Å². The second-order valence-electron chi connectivity index (χ2n) is 3.32. The Kier molecular flexibility index (Phi) is 3.37. The van der Waals surface area contributed by atoms with Crippen molar-refractivity contribution in [1.82, 2.24) is 0 Å². The standard InChI is InChI=1S/C11H10O6/c1-5(2)11(16)17-8-4-6(12)3-7(9(8)13)10(14)15/h3-4,12-13H,1H2,2H3,(H,14,15). The normalized spacial score (nSPS) is 9.71. The lowest BCUT2D eigenvalue weighted by atomic mass is 10.1. The first kappa shape index (κ1) is 12.6. The first-order valence-corrected chi connectivity index (χ1v) is 4.50. The summed E-state index contributed by atoms with van der Waals surface area (Å²) in [6.45, 7) is 4.72. The van der Waals surface area contributed by atoms with Crippen molar-refractivity contribution in [2.45, 2.75) is 6.92 Å². The zero-order valence-corrected chi connectivity index (χ0v) is 8.93. The molecule has 1 aromatic rings. The van der Waals surface area contributed by atoms with Crippen molar-refractivity contribution in [2.75, 3.05) is 0 Å². The zero-order chi connectivity index (χ0) is 13.2. The first-order chi connectivity index (χ1) is 7.82. The van der Waals surface area contributed by atoms with Gasteiger partial charge in [-0.1, -0.05) is 6.58 Å². The molecule has 0 aliphatic heterocycles. The third-order valence-corrected chi connectivity index (χ3v) is 1.84. The molecule has 0 aromatic heterocycles. The van der Waals surface area contributed by atoms with Crippen LogP contribution in [0.4, 0.5) is 0 Å². The largest absolute Gasteiger partial charge is 0.508 e. The van der Waals surface area contributed by atoms with Crippen LogP contribution in [0.25, 0.3) is 0 Å². The van der Waals surface area contributed by atoms with Crippen LogP contribution in [0, 0.1) is 0 Å². The maximum atomic E-state index is 11.2. The molecule has 6 nitrogen and oxygen atoms in total. The van der Waals surface area contributed by atoms with Crippen molar-refractivity contribution in [3.05, 3.63) is 29.8 Å². The topological polar surface area (TPSA) is 104 Å². The summed E-state index contributed by atoms with van der Waals surface area (Å²) >= 11 is 0. The molecule has 0 fully saturated rings. The van der Waals surface area contributed by atoms with Crippen LogP contribution in [-0.4, -0.2) is 27.3 Å². The summed E-state index contributed by atoms with van der Waals surface area (Å²) in [6.07, 6.45) is 0. The molecule has 17 heavy (non-hydrogen) atoms. The average molecular weight is 238 g/mol. The molecule has 0 saturated carbocycles. The molecule has 3 N–H and O–H groups in total. The smallest absolute Gasteiger partial charge is 0.339 e. The van der Waals surface area contributed by atoms with E-state index in [1.165, 1.54) is 6.92 Å². The van der Waals surface area contributed by atoms with E-state index in [1.807, 2.05) is 0 Å². The molecule has 0 aliphatic rings. The molecule has 0 amide bonds. The maximum Gasteiger partial charge on any atom is 0.339 e. The summed E-state index contributed by atoms with van der Waals surface area (Å²) in [5, 5.41) is 27.5. The summed E-state index contributed by atoms with van der Waals surface area (Å²) in [5.74, 6) is -3.89. The monoisotopic (exact) mass is 238 g/mol. The Morgan fingerprint density at radius 1 is 1.29 bits per heavy atom. The fourth-order valence-electron chi connectivity index (χ4n) is 1.02. The highest BCUT2D eigenvalue weighted by Crippen LogP contribution is 2.34. The third kappa shape index (κ3) is 2.75. The molecule has 1 rings (SSSR count). The summed E-state index contributed by atoms with van der Waals surface area (Å²) in [4.78, 5) is 21.9. The number of carbonyl (C=O) groups is 2. The van der Waals surface area contributed by atoms with Crippen LogP contribution in [0.2, 0.25) is 0 Å². The predicted molar refractivity (Wildman–Crippen MR) is 57.2 cm³/mol. The number of rotatable bonds is 3. The van der Waals surface area contributed by atoms with Gasteiger partial charge in [0, 0.05) is 11.6 Å². The van der Waals surface area contributed by atoms with E-state index in [4.69, 9.17) is 5.11 Å². The van der Waals surface area contributed by atoms with Crippen LogP contribution in [-0.2, 0) is 4.79 Å². The van der Waals surface area contributed by atoms with Crippen molar-refractivity contribution in [3.63, 3.8) is 0 Å². The molecular formula is C11H10O6. The second kappa shape index (κ2) is 4.56. The summed E-state index contributed by atoms with van der Waals surface area (Å²) in [6, 6.07) is 1.78. The van der Waals surface area contributed by atoms with Crippen molar-refractivity contribution in [2.24, 2.45) is 0 Å². The number of benzene rings is 1. The lowest BCUT2D eigenvalue weighted by molar-refractivity contribution is -0.130. The Morgan fingerprint density at radius 2 is 1.88 bits per heavy atom. The van der Waals surface area contributed by atoms with Gasteiger partial charge in [-0.25, -0.2) is 9.59 Å². The molecule has 0 saturated heterocycles. The van der Waals surface area contributed by atoms with Gasteiger partial charge >= 0.3 is 11.9 Å². The molecule has 0 heterocycles. The fourth-order valence-corrected chi connectivity index (χ4v) is 1.02. The number of hydrogen-bond donors (Lipinski definition) is 3. The number of carboxylic acid groups (broad SMARTS) is 1. The molecule has 0 atom stereocenters. The van der Waals surface area contributed by atoms with Gasteiger partial charge in [-0.3, -0.25) is 0 Å². The van der Waals surface area contributed by atoms with Gasteiger partial charge in [-0.15, -0.1) is 0 Å². The van der Waals surface area contributed by atoms with Gasteiger partial charge in [0.15, 0.2) is 11.5 Å². The summed E-state index contributed by atoms with van der Waals surface area (Å²) in [5.41, 5.74) is -0.487. The zero-order valence-electron chi connectivity index (χ0n) is 8.93. The van der Waals surface area contributed by atoms with Crippen LogP contribution in [0.5, 0.6) is 17.2 Å². The van der Waals surface area contributed by atoms with Crippen LogP contribution < -0.4 is 4.74 Å². The lowest BCUT2D eigenvalue weighted by Crippen LogP contribution is -2.09. The molecule has 0 spiro atoms. The van der Waals surface area contributed by atoms with Crippen LogP contribution in [0.15, 0.2) is 24.3 Å². The highest BCUT2D eigenvalue weighted by atomic mass is 16.5. The summed E-state index contributed by atoms with van der Waals surface area (Å²) < 4.78 is 4.67. The minimum Gasteiger partial charge on any atom is -0.508 e. The van der Waals surface area contributed by atoms with E-state index in [-0.39, 0.29) is 5.57 Å². The van der Waals surface area contributed by atoms with Crippen LogP contribution >= 0.6 is 0 Å². The minimum atomic E-state index is -1.45. The Balaban J connectivity index is 3.21. The molecule has 1 aromatic carbocycles. The van der Waals surface area contributed by atoms with E-state index in [0.717, 1.165) is 12.1 Å². The van der Waals surface area contributed by atoms with E-state index in [1.54, 1.807) is 0 Å². The van der Waals surface area contributed by atoms with E-state index in [2.05, 4.69) is 11.3 Å². The van der Waals surface area contributed by atoms with E-state index in [9.17, 15) is 19.8 Å². The minimum absolute atomic E-state index is 0.0737. The van der Waals surface area contributed by atoms with Crippen LogP contribution in [0.3, 0.4) is 0 Å². The van der Waals surface area contributed by atoms with Gasteiger partial charge < -0.3 is 20.1 Å². The Bertz CT molecular complexity index is 503. The number of carbonyl (C=O) groups excluding carboxylic acids is 1. The van der Waals surface area contributed by atoms with E-state index >= 15 is 0 Å². The Labute approximate surface area is 96.4 Å². The molecule has 0 unspecified atom stereocenters. The molecule has 0 bridgehead atoms. The van der Waals surface area contributed by atoms with Gasteiger partial charge in [0.25, 0.3) is 0 Å². The van der Waals surface area contributed by atoms with Crippen molar-refractivity contribution < 1.29 is 29.6 Å². The molecule has 0 radical (unpaired) electrons. The van der Waals surface area contributed by atoms with Gasteiger partial charge in [0.2, 0.25) is 0 Å². The molecular weight excluding hydrogens is 228 g/mol. The van der Waals surface area contributed by atoms with Crippen molar-refractivity contribution >= 4 is 11.9 Å². The summed E-state index contributed by atoms with van der Waals surface area (Å²) in [7, 11) is 0. The number of phenolic OH excluding ortho intramolecular Hbond substituents is 1. The van der Waals surface area contributed by atoms with Crippen LogP contribution in [0.1, 0.15) is 17.3 Å². The third-order valence-electron chi connectivity index (χ3n) is 1.84. The van der Waals surface area contributed by atoms with Gasteiger partial charge in [-0.2, -0.15) is 0 Å². The van der Waals surface area contributed by atoms with Crippen molar-refractivity contribution in [3.8, 4) is 17.2 Å². The SMILES string of the molecule is C=C(C)C(=O)Oc1cc(O)cc(C(=O)O)c1O. The number of aromatic hydroxyl groups is 2. The highest BCUT2D eigenvalue weighted by Gasteiger charge is 2.18. The molecule has 0 aliphatic carbocycles. The molecule has 90 valence electrons. The number of aromatic carboxylic acids is 1. The Morgan fingerprint density at radius 3 is 2.35 bits per heavy atom. The lowest BCUT2D eigenvalue weighted by Gasteiger charge is -2.08. The van der Waals surface area contributed by atoms with E-state index in [0.29, 0.717) is 0 Å². The molecule has 6 heteroatoms. The predicted octanol–water partition coefficient (Wildman–Crippen LogP) is 1.28. The quantitative estimate of drug-likeness (QED) is 0.317. The number of carboxylic acids is 1. The number of esters is 1. The highest BCUT2D eigenvalue weighted by molar-refractivity contribution is 5.94. The number of phenols is 2. The van der Waals surface area contributed by atoms with E-state index < -0.39 is 34.8 Å².